The average molecular weight is 1590 g/mol. The highest BCUT2D eigenvalue weighted by atomic mass is 35.5. The van der Waals surface area contributed by atoms with Gasteiger partial charge in [0.25, 0.3) is 0 Å². The minimum atomic E-state index is -4.83. The molecule has 2 aromatic carbocycles. The number of fused-ring (bicyclic) bond motifs is 2. The average Bonchev–Trinajstić information content (AvgIpc) is 1.76. The lowest BCUT2D eigenvalue weighted by molar-refractivity contribution is -0.161. The van der Waals surface area contributed by atoms with Crippen molar-refractivity contribution < 1.29 is 93.4 Å². The van der Waals surface area contributed by atoms with Crippen molar-refractivity contribution >= 4 is 82.5 Å². The van der Waals surface area contributed by atoms with Crippen LogP contribution in [-0.2, 0) is 92.2 Å². The van der Waals surface area contributed by atoms with E-state index in [1.165, 1.54) is 76.5 Å². The van der Waals surface area contributed by atoms with E-state index in [9.17, 15) is 35.9 Å². The number of morpholine rings is 1. The topological polar surface area (TPSA) is 289 Å². The molecule has 6 fully saturated rings. The molecule has 0 bridgehead atoms. The number of aryl methyl sites for hydroxylation is 1. The smallest absolute Gasteiger partial charge is 0.378 e. The van der Waals surface area contributed by atoms with Gasteiger partial charge < -0.3 is 69.5 Å². The number of alkyl halides is 6. The summed E-state index contributed by atoms with van der Waals surface area (Å²) in [5.74, 6) is -10.4. The van der Waals surface area contributed by atoms with Crippen LogP contribution in [0.1, 0.15) is 167 Å². The summed E-state index contributed by atoms with van der Waals surface area (Å²) in [4.78, 5) is 194. The second kappa shape index (κ2) is 38.1. The Kier molecular flexibility index (Phi) is 30.4. The Morgan fingerprint density at radius 3 is 1.89 bits per heavy atom. The van der Waals surface area contributed by atoms with Gasteiger partial charge in [-0.1, -0.05) is 96.5 Å². The van der Waals surface area contributed by atoms with Gasteiger partial charge in [-0.25, -0.2) is 0 Å². The zero-order valence-electron chi connectivity index (χ0n) is 65.8. The summed E-state index contributed by atoms with van der Waals surface area (Å²) in [6.45, 7) is 11.4. The van der Waals surface area contributed by atoms with Crippen molar-refractivity contribution in [1.82, 2.24) is 60.0 Å². The van der Waals surface area contributed by atoms with Crippen molar-refractivity contribution in [2.24, 2.45) is 17.8 Å². The first-order valence-electron chi connectivity index (χ1n) is 38.9. The van der Waals surface area contributed by atoms with E-state index in [0.29, 0.717) is 44.9 Å². The van der Waals surface area contributed by atoms with Crippen LogP contribution >= 0.6 is 11.6 Å². The second-order valence-corrected chi connectivity index (χ2v) is 31.6. The van der Waals surface area contributed by atoms with Crippen LogP contribution in [0.15, 0.2) is 42.5 Å². The first-order chi connectivity index (χ1) is 52.3. The molecule has 3 N–H and O–H groups in total. The fraction of sp³-hybridized carbons (Fsp3) is 0.692. The van der Waals surface area contributed by atoms with Crippen LogP contribution in [0.5, 0.6) is 0 Å². The van der Waals surface area contributed by atoms with E-state index < -0.39 is 197 Å². The summed E-state index contributed by atoms with van der Waals surface area (Å²) >= 11 is 6.19. The number of carbonyl (C=O) groups excluding carboxylic acids is 12. The number of rotatable bonds is 15. The van der Waals surface area contributed by atoms with E-state index in [-0.39, 0.29) is 121 Å². The zero-order valence-corrected chi connectivity index (χ0v) is 66.6. The van der Waals surface area contributed by atoms with Crippen LogP contribution in [0, 0.1) is 17.8 Å². The summed E-state index contributed by atoms with van der Waals surface area (Å²) in [5.41, 5.74) is -3.47. The minimum Gasteiger partial charge on any atom is -0.378 e. The molecule has 2 saturated carbocycles. The molecule has 11 atom stereocenters. The molecule has 2 aromatic rings. The molecule has 0 radical (unpaired) electrons. The van der Waals surface area contributed by atoms with Gasteiger partial charge in [-0.3, -0.25) is 57.5 Å². The molecular weight excluding hydrogens is 1480 g/mol. The number of hydrogen-bond acceptors (Lipinski definition) is 14. The lowest BCUT2D eigenvalue weighted by Crippen LogP contribution is -2.65. The summed E-state index contributed by atoms with van der Waals surface area (Å²) in [6.07, 6.45) is -8.10. The van der Waals surface area contributed by atoms with Crippen molar-refractivity contribution in [2.45, 2.75) is 236 Å². The Labute approximate surface area is 650 Å². The van der Waals surface area contributed by atoms with E-state index in [1.54, 1.807) is 27.7 Å². The van der Waals surface area contributed by atoms with Gasteiger partial charge in [0.15, 0.2) is 0 Å². The third-order valence-corrected chi connectivity index (χ3v) is 23.5. The molecule has 0 unspecified atom stereocenters. The fourth-order valence-corrected chi connectivity index (χ4v) is 16.6. The van der Waals surface area contributed by atoms with Gasteiger partial charge in [-0.2, -0.15) is 26.3 Å². The third kappa shape index (κ3) is 21.0. The van der Waals surface area contributed by atoms with Gasteiger partial charge in [0.05, 0.1) is 48.4 Å². The molecule has 8 rings (SSSR count). The van der Waals surface area contributed by atoms with Crippen LogP contribution in [-0.4, -0.2) is 275 Å². The Morgan fingerprint density at radius 2 is 1.32 bits per heavy atom. The number of benzene rings is 2. The Balaban J connectivity index is 1.24. The van der Waals surface area contributed by atoms with Crippen LogP contribution in [0.25, 0.3) is 0 Å². The highest BCUT2D eigenvalue weighted by Gasteiger charge is 2.53. The first-order valence-corrected chi connectivity index (χ1v) is 39.3. The summed E-state index contributed by atoms with van der Waals surface area (Å²) < 4.78 is 95.8. The van der Waals surface area contributed by atoms with E-state index in [1.807, 2.05) is 13.8 Å². The third-order valence-electron chi connectivity index (χ3n) is 23.2. The molecule has 4 heterocycles. The molecule has 26 nitrogen and oxygen atoms in total. The maximum atomic E-state index is 15.9. The van der Waals surface area contributed by atoms with Gasteiger partial charge in [0, 0.05) is 87.4 Å². The van der Waals surface area contributed by atoms with Crippen molar-refractivity contribution in [3.05, 3.63) is 69.7 Å². The van der Waals surface area contributed by atoms with E-state index in [0.717, 1.165) is 52.3 Å². The van der Waals surface area contributed by atoms with Crippen LogP contribution < -0.4 is 16.0 Å². The highest BCUT2D eigenvalue weighted by Crippen LogP contribution is 2.39. The largest absolute Gasteiger partial charge is 0.417 e. The summed E-state index contributed by atoms with van der Waals surface area (Å²) in [6, 6.07) is -5.65. The molecule has 616 valence electrons. The van der Waals surface area contributed by atoms with Gasteiger partial charge >= 0.3 is 12.4 Å². The van der Waals surface area contributed by atoms with Crippen molar-refractivity contribution in [1.29, 1.82) is 0 Å². The van der Waals surface area contributed by atoms with Crippen LogP contribution in [0.2, 0.25) is 5.02 Å². The fourth-order valence-electron chi connectivity index (χ4n) is 16.3. The second-order valence-electron chi connectivity index (χ2n) is 31.2. The zero-order chi connectivity index (χ0) is 81.9. The molecular formula is C78H111ClF6N12O14. The maximum Gasteiger partial charge on any atom is 0.417 e. The summed E-state index contributed by atoms with van der Waals surface area (Å²) in [7, 11) is 6.83. The predicted molar refractivity (Wildman–Crippen MR) is 397 cm³/mol. The van der Waals surface area contributed by atoms with Crippen molar-refractivity contribution in [2.75, 3.05) is 94.3 Å². The normalized spacial score (nSPS) is 26.9. The Morgan fingerprint density at radius 1 is 0.685 bits per heavy atom. The number of amides is 12. The van der Waals surface area contributed by atoms with Crippen molar-refractivity contribution in [3.63, 3.8) is 0 Å². The molecule has 2 aliphatic carbocycles. The van der Waals surface area contributed by atoms with Gasteiger partial charge in [-0.15, -0.1) is 0 Å². The molecule has 33 heteroatoms. The quantitative estimate of drug-likeness (QED) is 0.161. The lowest BCUT2D eigenvalue weighted by atomic mass is 9.90. The summed E-state index contributed by atoms with van der Waals surface area (Å²) in [5, 5.41) is 7.98. The number of nitrogens with one attached hydrogen (secondary N) is 3. The first kappa shape index (κ1) is 88.4. The number of carbonyl (C=O) groups is 12. The monoisotopic (exact) mass is 1590 g/mol. The predicted octanol–water partition coefficient (Wildman–Crippen LogP) is 6.50. The molecule has 111 heavy (non-hydrogen) atoms. The molecule has 4 saturated heterocycles. The van der Waals surface area contributed by atoms with Crippen LogP contribution in [0.4, 0.5) is 26.3 Å². The Hall–Kier alpha value is -8.13. The molecule has 6 aliphatic rings. The van der Waals surface area contributed by atoms with E-state index in [2.05, 4.69) is 16.0 Å². The van der Waals surface area contributed by atoms with Crippen LogP contribution in [0.3, 0.4) is 0 Å². The number of nitrogens with zero attached hydrogens (tertiary/aromatic N) is 9. The lowest BCUT2D eigenvalue weighted by Gasteiger charge is -2.46. The number of halogens is 7. The minimum absolute atomic E-state index is 0.00428. The Bertz CT molecular complexity index is 3690. The number of hydrogen-bond donors (Lipinski definition) is 3. The molecule has 0 aromatic heterocycles. The molecule has 1 spiro atoms. The van der Waals surface area contributed by atoms with Gasteiger partial charge in [0.1, 0.15) is 59.9 Å². The number of likely N-dealkylation sites (N-methyl/N-ethyl adjacent to an activating group) is 5. The standard InChI is InChI=1S/C78H111ClF6N12O14/c1-13-33-95-61(41-50-22-26-52(27-23-50)77(80,81)82)70(104)89(8)45-62(98)86-56(29-25-49-24-28-54(55(79)40-49)78(83,84)85)69(103)97-44-53(111-15-3)42-59(97)67(101)88-76(31-18-19-32-76)75(109)93(12)65(51-20-16-17-21-51)74(108)92(11)60(71(105)94-35-37-110-38-36-94)43-63(99)91(10)58(39-46(4)5)66(100)87-64(47(6)14-2)73(107)90(9)48(7)68(102)96-34-30-57(96)72(95)106/h22-24,26-28,40,46-48,51,53,56-61,64-65H,13-21,25,29-39,41-45H2,1-12H3,(H,86,98)(H,87,100)(H,88,101)/t47-,48-,53-,56+,57-,58-,59+,60-,61-,64-,65-/m0/s1. The van der Waals surface area contributed by atoms with E-state index >= 15 is 47.9 Å². The highest BCUT2D eigenvalue weighted by molar-refractivity contribution is 6.31. The van der Waals surface area contributed by atoms with E-state index in [4.69, 9.17) is 21.1 Å². The van der Waals surface area contributed by atoms with Gasteiger partial charge in [-0.05, 0) is 125 Å². The van der Waals surface area contributed by atoms with Crippen molar-refractivity contribution in [3.8, 4) is 0 Å². The maximum absolute atomic E-state index is 15.9. The SMILES string of the molecule is CCCN1C(=O)[C@@H]2CCN2C(=O)[C@H](C)N(C)C(=O)[C@H]([C@@H](C)CC)NC(=O)[C@H](CC(C)C)N(C)C(=O)C[C@@H](C(=O)N2CCOCC2)N(C)C(=O)[C@H](C2CCCC2)N(C)C(=O)C2(CCCC2)NC(=O)[C@H]2C[C@H](OCC)CN2C(=O)[C@@H](CCc2ccc(C(F)(F)F)c(Cl)c2)NC(=O)CN(C)C(=O)[C@@H]1Cc1ccc(C(F)(F)F)cc1. The number of ether oxygens (including phenoxy) is 2. The molecule has 12 amide bonds. The molecule has 4 aliphatic heterocycles. The van der Waals surface area contributed by atoms with Gasteiger partial charge in [0.2, 0.25) is 70.9 Å².